The zero-order valence-electron chi connectivity index (χ0n) is 12.7. The van der Waals surface area contributed by atoms with Crippen LogP contribution in [0.2, 0.25) is 0 Å². The van der Waals surface area contributed by atoms with E-state index in [4.69, 9.17) is 4.74 Å². The summed E-state index contributed by atoms with van der Waals surface area (Å²) in [4.78, 5) is 4.30. The Labute approximate surface area is 126 Å². The van der Waals surface area contributed by atoms with Crippen LogP contribution >= 0.6 is 0 Å². The molecule has 0 radical (unpaired) electrons. The molecule has 1 heterocycles. The minimum Gasteiger partial charge on any atom is -0.439 e. The van der Waals surface area contributed by atoms with E-state index < -0.39 is 0 Å². The topological polar surface area (TPSA) is 34.1 Å². The summed E-state index contributed by atoms with van der Waals surface area (Å²) in [7, 11) is 0. The third kappa shape index (κ3) is 4.05. The number of aromatic nitrogens is 1. The van der Waals surface area contributed by atoms with Crippen LogP contribution in [0.5, 0.6) is 11.6 Å². The average molecular weight is 282 g/mol. The minimum absolute atomic E-state index is 0.496. The molecule has 1 aliphatic carbocycles. The molecule has 1 fully saturated rings. The van der Waals surface area contributed by atoms with Crippen molar-refractivity contribution in [3.05, 3.63) is 53.7 Å². The van der Waals surface area contributed by atoms with Gasteiger partial charge >= 0.3 is 0 Å². The molecule has 0 aliphatic heterocycles. The van der Waals surface area contributed by atoms with Crippen LogP contribution in [0.1, 0.15) is 43.7 Å². The summed E-state index contributed by atoms with van der Waals surface area (Å²) in [6, 6.07) is 13.0. The maximum Gasteiger partial charge on any atom is 0.219 e. The lowest BCUT2D eigenvalue weighted by Gasteiger charge is -2.10. The van der Waals surface area contributed by atoms with Gasteiger partial charge in [-0.1, -0.05) is 26.0 Å². The Morgan fingerprint density at radius 3 is 2.86 bits per heavy atom. The Balaban J connectivity index is 1.68. The highest BCUT2D eigenvalue weighted by Crippen LogP contribution is 2.25. The van der Waals surface area contributed by atoms with Crippen molar-refractivity contribution in [3.8, 4) is 11.6 Å². The van der Waals surface area contributed by atoms with Gasteiger partial charge in [0.15, 0.2) is 0 Å². The van der Waals surface area contributed by atoms with Crippen LogP contribution in [0.25, 0.3) is 0 Å². The molecule has 0 amide bonds. The minimum atomic E-state index is 0.496. The summed E-state index contributed by atoms with van der Waals surface area (Å²) in [6.07, 6.45) is 4.42. The molecule has 1 aliphatic rings. The SMILES string of the molecule is CC(C)c1cccc(Oc2cc(CNC3CC3)ccn2)c1. The smallest absolute Gasteiger partial charge is 0.219 e. The summed E-state index contributed by atoms with van der Waals surface area (Å²) >= 11 is 0. The van der Waals surface area contributed by atoms with E-state index in [9.17, 15) is 0 Å². The molecule has 3 rings (SSSR count). The fourth-order valence-electron chi connectivity index (χ4n) is 2.22. The van der Waals surface area contributed by atoms with Crippen LogP contribution in [0.3, 0.4) is 0 Å². The van der Waals surface area contributed by atoms with Gasteiger partial charge in [0.1, 0.15) is 5.75 Å². The Morgan fingerprint density at radius 2 is 2.10 bits per heavy atom. The van der Waals surface area contributed by atoms with Crippen molar-refractivity contribution < 1.29 is 4.74 Å². The van der Waals surface area contributed by atoms with Crippen molar-refractivity contribution in [1.29, 1.82) is 0 Å². The predicted molar refractivity (Wildman–Crippen MR) is 84.7 cm³/mol. The van der Waals surface area contributed by atoms with E-state index in [1.54, 1.807) is 0 Å². The van der Waals surface area contributed by atoms with E-state index in [1.165, 1.54) is 24.0 Å². The maximum atomic E-state index is 5.89. The molecule has 1 N–H and O–H groups in total. The normalized spacial score (nSPS) is 14.4. The van der Waals surface area contributed by atoms with Gasteiger partial charge in [-0.3, -0.25) is 0 Å². The molecule has 1 aromatic heterocycles. The molecule has 1 saturated carbocycles. The van der Waals surface area contributed by atoms with Gasteiger partial charge < -0.3 is 10.1 Å². The number of nitrogens with one attached hydrogen (secondary N) is 1. The van der Waals surface area contributed by atoms with Crippen LogP contribution < -0.4 is 10.1 Å². The largest absolute Gasteiger partial charge is 0.439 e. The Morgan fingerprint density at radius 1 is 1.24 bits per heavy atom. The van der Waals surface area contributed by atoms with Crippen LogP contribution in [-0.4, -0.2) is 11.0 Å². The molecule has 21 heavy (non-hydrogen) atoms. The van der Waals surface area contributed by atoms with Crippen LogP contribution in [0, 0.1) is 0 Å². The standard InChI is InChI=1S/C18H22N2O/c1-13(2)15-4-3-5-17(11-15)21-18-10-14(8-9-19-18)12-20-16-6-7-16/h3-5,8-11,13,16,20H,6-7,12H2,1-2H3. The second kappa shape index (κ2) is 6.27. The Hall–Kier alpha value is -1.87. The first-order valence-electron chi connectivity index (χ1n) is 7.67. The Kier molecular flexibility index (Phi) is 4.20. The van der Waals surface area contributed by atoms with Crippen molar-refractivity contribution in [1.82, 2.24) is 10.3 Å². The van der Waals surface area contributed by atoms with Crippen LogP contribution in [0.15, 0.2) is 42.6 Å². The molecule has 110 valence electrons. The molecule has 1 aromatic carbocycles. The van der Waals surface area contributed by atoms with E-state index >= 15 is 0 Å². The van der Waals surface area contributed by atoms with Gasteiger partial charge in [-0.2, -0.15) is 0 Å². The lowest BCUT2D eigenvalue weighted by Crippen LogP contribution is -2.15. The van der Waals surface area contributed by atoms with Crippen molar-refractivity contribution in [2.75, 3.05) is 0 Å². The molecule has 0 unspecified atom stereocenters. The monoisotopic (exact) mass is 282 g/mol. The summed E-state index contributed by atoms with van der Waals surface area (Å²) in [5, 5.41) is 3.50. The average Bonchev–Trinajstić information content (AvgIpc) is 3.30. The fraction of sp³-hybridized carbons (Fsp3) is 0.389. The second-order valence-corrected chi connectivity index (χ2v) is 5.99. The number of benzene rings is 1. The summed E-state index contributed by atoms with van der Waals surface area (Å²) in [5.41, 5.74) is 2.49. The highest BCUT2D eigenvalue weighted by molar-refractivity contribution is 5.33. The Bertz CT molecular complexity index is 606. The first kappa shape index (κ1) is 14.1. The van der Waals surface area contributed by atoms with Crippen molar-refractivity contribution in [2.45, 2.75) is 45.2 Å². The van der Waals surface area contributed by atoms with Crippen molar-refractivity contribution >= 4 is 0 Å². The molecule has 0 spiro atoms. The first-order chi connectivity index (χ1) is 10.2. The zero-order valence-corrected chi connectivity index (χ0v) is 12.7. The number of hydrogen-bond donors (Lipinski definition) is 1. The number of nitrogens with zero attached hydrogens (tertiary/aromatic N) is 1. The molecule has 0 saturated heterocycles. The molecule has 2 aromatic rings. The third-order valence-corrected chi connectivity index (χ3v) is 3.72. The van der Waals surface area contributed by atoms with Gasteiger partial charge in [0.2, 0.25) is 5.88 Å². The van der Waals surface area contributed by atoms with Gasteiger partial charge in [-0.15, -0.1) is 0 Å². The molecule has 0 bridgehead atoms. The molecule has 3 nitrogen and oxygen atoms in total. The zero-order chi connectivity index (χ0) is 14.7. The van der Waals surface area contributed by atoms with E-state index in [0.717, 1.165) is 12.3 Å². The first-order valence-corrected chi connectivity index (χ1v) is 7.67. The van der Waals surface area contributed by atoms with Crippen molar-refractivity contribution in [3.63, 3.8) is 0 Å². The highest BCUT2D eigenvalue weighted by atomic mass is 16.5. The predicted octanol–water partition coefficient (Wildman–Crippen LogP) is 4.25. The second-order valence-electron chi connectivity index (χ2n) is 5.99. The summed E-state index contributed by atoms with van der Waals surface area (Å²) in [5.74, 6) is 2.00. The molecule has 3 heteroatoms. The highest BCUT2D eigenvalue weighted by Gasteiger charge is 2.19. The van der Waals surface area contributed by atoms with Gasteiger partial charge in [0, 0.05) is 24.8 Å². The van der Waals surface area contributed by atoms with Gasteiger partial charge in [0.25, 0.3) is 0 Å². The maximum absolute atomic E-state index is 5.89. The number of pyridine rings is 1. The quantitative estimate of drug-likeness (QED) is 0.860. The van der Waals surface area contributed by atoms with Crippen LogP contribution in [-0.2, 0) is 6.54 Å². The molecular weight excluding hydrogens is 260 g/mol. The number of hydrogen-bond acceptors (Lipinski definition) is 3. The van der Waals surface area contributed by atoms with Crippen LogP contribution in [0.4, 0.5) is 0 Å². The number of rotatable bonds is 6. The van der Waals surface area contributed by atoms with E-state index in [0.29, 0.717) is 17.8 Å². The van der Waals surface area contributed by atoms with E-state index in [2.05, 4.69) is 36.3 Å². The summed E-state index contributed by atoms with van der Waals surface area (Å²) < 4.78 is 5.89. The summed E-state index contributed by atoms with van der Waals surface area (Å²) in [6.45, 7) is 5.25. The van der Waals surface area contributed by atoms with E-state index in [1.807, 2.05) is 30.5 Å². The lowest BCUT2D eigenvalue weighted by molar-refractivity contribution is 0.460. The van der Waals surface area contributed by atoms with Gasteiger partial charge in [0.05, 0.1) is 0 Å². The fourth-order valence-corrected chi connectivity index (χ4v) is 2.22. The third-order valence-electron chi connectivity index (χ3n) is 3.72. The lowest BCUT2D eigenvalue weighted by atomic mass is 10.0. The van der Waals surface area contributed by atoms with Gasteiger partial charge in [-0.05, 0) is 48.1 Å². The molecule has 0 atom stereocenters. The number of ether oxygens (including phenoxy) is 1. The van der Waals surface area contributed by atoms with E-state index in [-0.39, 0.29) is 0 Å². The van der Waals surface area contributed by atoms with Crippen molar-refractivity contribution in [2.24, 2.45) is 0 Å². The molecular formula is C18H22N2O. The van der Waals surface area contributed by atoms with Gasteiger partial charge in [-0.25, -0.2) is 4.98 Å².